The number of nitrogens with zero attached hydrogens (tertiary/aromatic N) is 3. The zero-order valence-corrected chi connectivity index (χ0v) is 11.9. The Labute approximate surface area is 114 Å². The number of hydrogen-bond donors (Lipinski definition) is 0. The van der Waals surface area contributed by atoms with E-state index in [0.717, 1.165) is 19.6 Å². The second-order valence-electron chi connectivity index (χ2n) is 5.56. The molecule has 0 bridgehead atoms. The normalized spacial score (nSPS) is 14.2. The molecule has 1 aromatic heterocycles. The van der Waals surface area contributed by atoms with Crippen LogP contribution in [0.2, 0.25) is 0 Å². The quantitative estimate of drug-likeness (QED) is 0.836. The first kappa shape index (κ1) is 12.3. The van der Waals surface area contributed by atoms with E-state index >= 15 is 0 Å². The van der Waals surface area contributed by atoms with Gasteiger partial charge in [-0.15, -0.1) is 0 Å². The van der Waals surface area contributed by atoms with Crippen LogP contribution in [0.25, 0.3) is 0 Å². The van der Waals surface area contributed by atoms with Gasteiger partial charge in [0.1, 0.15) is 0 Å². The molecule has 0 spiro atoms. The molecule has 0 aliphatic carbocycles. The summed E-state index contributed by atoms with van der Waals surface area (Å²) in [7, 11) is 0. The van der Waals surface area contributed by atoms with E-state index in [-0.39, 0.29) is 0 Å². The van der Waals surface area contributed by atoms with Crippen LogP contribution in [-0.2, 0) is 19.6 Å². The van der Waals surface area contributed by atoms with Crippen LogP contribution in [0.15, 0.2) is 30.5 Å². The van der Waals surface area contributed by atoms with Gasteiger partial charge in [0.15, 0.2) is 0 Å². The maximum Gasteiger partial charge on any atom is 0.0867 e. The van der Waals surface area contributed by atoms with E-state index in [2.05, 4.69) is 61.2 Å². The Morgan fingerprint density at radius 1 is 1.16 bits per heavy atom. The lowest BCUT2D eigenvalue weighted by molar-refractivity contribution is 0.639. The number of fused-ring (bicyclic) bond motifs is 1. The molecule has 19 heavy (non-hydrogen) atoms. The summed E-state index contributed by atoms with van der Waals surface area (Å²) in [5, 5.41) is 4.61. The largest absolute Gasteiger partial charge is 0.361 e. The molecule has 0 fully saturated rings. The number of benzene rings is 1. The van der Waals surface area contributed by atoms with E-state index < -0.39 is 0 Å². The average Bonchev–Trinajstić information content (AvgIpc) is 2.96. The number of hydrogen-bond acceptors (Lipinski definition) is 2. The summed E-state index contributed by atoms with van der Waals surface area (Å²) in [5.41, 5.74) is 5.30. The van der Waals surface area contributed by atoms with E-state index in [4.69, 9.17) is 0 Å². The van der Waals surface area contributed by atoms with E-state index in [9.17, 15) is 0 Å². The van der Waals surface area contributed by atoms with Crippen LogP contribution >= 0.6 is 0 Å². The Morgan fingerprint density at radius 3 is 2.47 bits per heavy atom. The molecule has 2 aromatic rings. The van der Waals surface area contributed by atoms with Crippen LogP contribution in [0.3, 0.4) is 0 Å². The predicted molar refractivity (Wildman–Crippen MR) is 78.3 cm³/mol. The lowest BCUT2D eigenvalue weighted by Gasteiger charge is -2.18. The first-order valence-corrected chi connectivity index (χ1v) is 7.07. The minimum atomic E-state index is 0.595. The maximum atomic E-state index is 4.61. The summed E-state index contributed by atoms with van der Waals surface area (Å²) in [4.78, 5) is 2.39. The average molecular weight is 255 g/mol. The second-order valence-corrected chi connectivity index (χ2v) is 5.56. The molecule has 1 aliphatic rings. The Balaban J connectivity index is 1.77. The van der Waals surface area contributed by atoms with Gasteiger partial charge in [0.25, 0.3) is 0 Å². The van der Waals surface area contributed by atoms with Crippen molar-refractivity contribution in [1.82, 2.24) is 9.78 Å². The lowest BCUT2D eigenvalue weighted by Crippen LogP contribution is -2.15. The van der Waals surface area contributed by atoms with Crippen molar-refractivity contribution >= 4 is 5.69 Å². The molecule has 2 heterocycles. The van der Waals surface area contributed by atoms with Crippen LogP contribution in [0.4, 0.5) is 5.69 Å². The monoisotopic (exact) mass is 255 g/mol. The van der Waals surface area contributed by atoms with Gasteiger partial charge in [-0.3, -0.25) is 4.68 Å². The molecule has 0 unspecified atom stereocenters. The van der Waals surface area contributed by atoms with Crippen molar-refractivity contribution in [3.05, 3.63) is 47.3 Å². The summed E-state index contributed by atoms with van der Waals surface area (Å²) in [6, 6.07) is 8.94. The minimum absolute atomic E-state index is 0.595. The highest BCUT2D eigenvalue weighted by molar-refractivity contribution is 5.51. The Kier molecular flexibility index (Phi) is 3.05. The molecule has 0 amide bonds. The number of rotatable bonds is 3. The van der Waals surface area contributed by atoms with Crippen LogP contribution < -0.4 is 4.90 Å². The molecule has 1 aliphatic heterocycles. The lowest BCUT2D eigenvalue weighted by atomic mass is 10.0. The summed E-state index contributed by atoms with van der Waals surface area (Å²) in [6.07, 6.45) is 2.18. The SMILES string of the molecule is CCn1cc2c(n1)CN(c1ccc(C(C)C)cc1)C2. The molecule has 3 nitrogen and oxygen atoms in total. The third-order valence-electron chi connectivity index (χ3n) is 3.88. The van der Waals surface area contributed by atoms with Crippen molar-refractivity contribution in [2.75, 3.05) is 4.90 Å². The molecule has 3 heteroatoms. The van der Waals surface area contributed by atoms with Gasteiger partial charge >= 0.3 is 0 Å². The standard InChI is InChI=1S/C16H21N3/c1-4-19-10-14-9-18(11-16(14)17-19)15-7-5-13(6-8-15)12(2)3/h5-8,10,12H,4,9,11H2,1-3H3. The molecule has 100 valence electrons. The number of aromatic nitrogens is 2. The summed E-state index contributed by atoms with van der Waals surface area (Å²) >= 11 is 0. The fourth-order valence-corrected chi connectivity index (χ4v) is 2.62. The highest BCUT2D eigenvalue weighted by Gasteiger charge is 2.22. The molecule has 0 atom stereocenters. The minimum Gasteiger partial charge on any atom is -0.361 e. The first-order chi connectivity index (χ1) is 9.17. The molecule has 1 aromatic carbocycles. The molecule has 0 N–H and O–H groups in total. The third-order valence-corrected chi connectivity index (χ3v) is 3.88. The van der Waals surface area contributed by atoms with Gasteiger partial charge in [-0.25, -0.2) is 0 Å². The van der Waals surface area contributed by atoms with Crippen molar-refractivity contribution in [3.63, 3.8) is 0 Å². The van der Waals surface area contributed by atoms with Crippen molar-refractivity contribution < 1.29 is 0 Å². The first-order valence-electron chi connectivity index (χ1n) is 7.07. The fourth-order valence-electron chi connectivity index (χ4n) is 2.62. The maximum absolute atomic E-state index is 4.61. The Hall–Kier alpha value is -1.77. The van der Waals surface area contributed by atoms with Crippen molar-refractivity contribution in [3.8, 4) is 0 Å². The van der Waals surface area contributed by atoms with E-state index in [1.54, 1.807) is 0 Å². The summed E-state index contributed by atoms with van der Waals surface area (Å²) in [5.74, 6) is 0.595. The van der Waals surface area contributed by atoms with Gasteiger partial charge in [0.05, 0.1) is 12.2 Å². The van der Waals surface area contributed by atoms with Crippen molar-refractivity contribution in [2.24, 2.45) is 0 Å². The summed E-state index contributed by atoms with van der Waals surface area (Å²) < 4.78 is 2.03. The Bertz CT molecular complexity index is 543. The molecule has 0 saturated carbocycles. The fraction of sp³-hybridized carbons (Fsp3) is 0.438. The van der Waals surface area contributed by atoms with Gasteiger partial charge in [-0.2, -0.15) is 5.10 Å². The number of anilines is 1. The van der Waals surface area contributed by atoms with E-state index in [1.807, 2.05) is 4.68 Å². The molecular weight excluding hydrogens is 234 g/mol. The zero-order chi connectivity index (χ0) is 13.4. The third kappa shape index (κ3) is 2.25. The van der Waals surface area contributed by atoms with Crippen molar-refractivity contribution in [1.29, 1.82) is 0 Å². The van der Waals surface area contributed by atoms with Crippen LogP contribution in [-0.4, -0.2) is 9.78 Å². The van der Waals surface area contributed by atoms with Crippen LogP contribution in [0.1, 0.15) is 43.5 Å². The van der Waals surface area contributed by atoms with Gasteiger partial charge in [0.2, 0.25) is 0 Å². The van der Waals surface area contributed by atoms with Gasteiger partial charge in [0, 0.05) is 30.5 Å². The Morgan fingerprint density at radius 2 is 1.89 bits per heavy atom. The van der Waals surface area contributed by atoms with Crippen LogP contribution in [0.5, 0.6) is 0 Å². The van der Waals surface area contributed by atoms with E-state index in [0.29, 0.717) is 5.92 Å². The van der Waals surface area contributed by atoms with Crippen molar-refractivity contribution in [2.45, 2.75) is 46.3 Å². The highest BCUT2D eigenvalue weighted by atomic mass is 15.3. The predicted octanol–water partition coefficient (Wildman–Crippen LogP) is 3.55. The molecular formula is C16H21N3. The second kappa shape index (κ2) is 4.72. The number of aryl methyl sites for hydroxylation is 1. The smallest absolute Gasteiger partial charge is 0.0867 e. The zero-order valence-electron chi connectivity index (χ0n) is 11.9. The van der Waals surface area contributed by atoms with Gasteiger partial charge < -0.3 is 4.90 Å². The van der Waals surface area contributed by atoms with Crippen LogP contribution in [0, 0.1) is 0 Å². The molecule has 0 radical (unpaired) electrons. The highest BCUT2D eigenvalue weighted by Crippen LogP contribution is 2.28. The van der Waals surface area contributed by atoms with Gasteiger partial charge in [-0.05, 0) is 30.5 Å². The van der Waals surface area contributed by atoms with E-state index in [1.165, 1.54) is 22.5 Å². The topological polar surface area (TPSA) is 21.1 Å². The molecule has 0 saturated heterocycles. The molecule has 3 rings (SSSR count). The van der Waals surface area contributed by atoms with Gasteiger partial charge in [-0.1, -0.05) is 26.0 Å². The summed E-state index contributed by atoms with van der Waals surface area (Å²) in [6.45, 7) is 9.46.